The number of hydrogen-bond donors (Lipinski definition) is 1. The summed E-state index contributed by atoms with van der Waals surface area (Å²) in [5, 5.41) is 13.5. The van der Waals surface area contributed by atoms with E-state index in [0.717, 1.165) is 62.3 Å². The Morgan fingerprint density at radius 2 is 1.79 bits per heavy atom. The van der Waals surface area contributed by atoms with E-state index in [9.17, 15) is 4.79 Å². The number of piperidine rings is 1. The van der Waals surface area contributed by atoms with E-state index in [4.69, 9.17) is 14.7 Å². The molecule has 1 saturated carbocycles. The van der Waals surface area contributed by atoms with Gasteiger partial charge in [0.1, 0.15) is 17.0 Å². The number of aromatic carboxylic acids is 1. The Balaban J connectivity index is 1.08. The minimum Gasteiger partial charge on any atom is -0.488 e. The second-order valence-corrected chi connectivity index (χ2v) is 11.3. The molecule has 2 aromatic rings. The summed E-state index contributed by atoms with van der Waals surface area (Å²) in [6.07, 6.45) is 6.34. The van der Waals surface area contributed by atoms with Gasteiger partial charge in [-0.3, -0.25) is 4.90 Å². The predicted molar refractivity (Wildman–Crippen MR) is 130 cm³/mol. The van der Waals surface area contributed by atoms with E-state index < -0.39 is 5.97 Å². The van der Waals surface area contributed by atoms with E-state index in [1.807, 2.05) is 12.1 Å². The van der Waals surface area contributed by atoms with Crippen LogP contribution >= 0.6 is 0 Å². The number of likely N-dealkylation sites (tertiary alicyclic amines) is 1. The first-order chi connectivity index (χ1) is 16.2. The minimum atomic E-state index is -0.914. The second-order valence-electron chi connectivity index (χ2n) is 11.3. The molecule has 6 nitrogen and oxygen atoms in total. The molecule has 1 saturated heterocycles. The van der Waals surface area contributed by atoms with Gasteiger partial charge in [-0.15, -0.1) is 0 Å². The number of carbonyl (C=O) groups is 1. The monoisotopic (exact) mass is 460 g/mol. The van der Waals surface area contributed by atoms with Gasteiger partial charge in [0.05, 0.1) is 11.3 Å². The Morgan fingerprint density at radius 1 is 1.06 bits per heavy atom. The zero-order valence-corrected chi connectivity index (χ0v) is 20.0. The van der Waals surface area contributed by atoms with Gasteiger partial charge in [0.15, 0.2) is 0 Å². The topological polar surface area (TPSA) is 71.4 Å². The predicted octanol–water partition coefficient (Wildman–Crippen LogP) is 5.14. The first kappa shape index (κ1) is 21.7. The van der Waals surface area contributed by atoms with Crippen LogP contribution < -0.4 is 4.74 Å². The van der Waals surface area contributed by atoms with E-state index in [1.54, 1.807) is 12.1 Å². The van der Waals surface area contributed by atoms with Gasteiger partial charge in [-0.05, 0) is 62.4 Å². The summed E-state index contributed by atoms with van der Waals surface area (Å²) in [4.78, 5) is 19.6. The molecule has 0 amide bonds. The van der Waals surface area contributed by atoms with Crippen LogP contribution in [0.25, 0.3) is 0 Å². The minimum absolute atomic E-state index is 0.0767. The van der Waals surface area contributed by atoms with Crippen molar-refractivity contribution >= 4 is 11.7 Å². The van der Waals surface area contributed by atoms with Gasteiger partial charge >= 0.3 is 5.97 Å². The number of fused-ring (bicyclic) bond motifs is 2. The molecule has 0 radical (unpaired) electrons. The maximum atomic E-state index is 11.1. The van der Waals surface area contributed by atoms with Crippen molar-refractivity contribution < 1.29 is 19.5 Å². The maximum absolute atomic E-state index is 11.1. The summed E-state index contributed by atoms with van der Waals surface area (Å²) in [5.74, 6) is 0.165. The maximum Gasteiger partial charge on any atom is 0.335 e. The Bertz CT molecular complexity index is 1160. The first-order valence-corrected chi connectivity index (χ1v) is 12.4. The molecule has 1 aliphatic carbocycles. The highest BCUT2D eigenvalue weighted by atomic mass is 16.7. The molecular weight excluding hydrogens is 428 g/mol. The molecule has 6 rings (SSSR count). The summed E-state index contributed by atoms with van der Waals surface area (Å²) < 4.78 is 6.30. The molecule has 2 spiro atoms. The van der Waals surface area contributed by atoms with Crippen molar-refractivity contribution in [1.82, 2.24) is 4.90 Å². The van der Waals surface area contributed by atoms with Crippen LogP contribution in [0.15, 0.2) is 47.6 Å². The van der Waals surface area contributed by atoms with Crippen LogP contribution in [-0.4, -0.2) is 46.0 Å². The highest BCUT2D eigenvalue weighted by Crippen LogP contribution is 2.59. The molecule has 0 aromatic heterocycles. The molecule has 34 heavy (non-hydrogen) atoms. The van der Waals surface area contributed by atoms with Crippen molar-refractivity contribution in [3.63, 3.8) is 0 Å². The quantitative estimate of drug-likeness (QED) is 0.684. The van der Waals surface area contributed by atoms with Crippen LogP contribution in [0.5, 0.6) is 5.75 Å². The molecule has 2 aromatic carbocycles. The number of carboxylic acid groups (broad SMARTS) is 1. The average Bonchev–Trinajstić information content (AvgIpc) is 3.45. The number of carboxylic acids is 1. The Kier molecular flexibility index (Phi) is 4.82. The Morgan fingerprint density at radius 3 is 2.47 bits per heavy atom. The van der Waals surface area contributed by atoms with Gasteiger partial charge in [-0.1, -0.05) is 29.4 Å². The molecule has 2 fully saturated rings. The number of benzene rings is 2. The van der Waals surface area contributed by atoms with Gasteiger partial charge in [-0.25, -0.2) is 4.79 Å². The lowest BCUT2D eigenvalue weighted by atomic mass is 9.81. The number of ether oxygens (including phenoxy) is 1. The lowest BCUT2D eigenvalue weighted by Crippen LogP contribution is -2.44. The smallest absolute Gasteiger partial charge is 0.335 e. The molecule has 4 aliphatic rings. The Labute approximate surface area is 200 Å². The summed E-state index contributed by atoms with van der Waals surface area (Å²) in [6.45, 7) is 7.32. The third-order valence-electron chi connectivity index (χ3n) is 8.10. The second kappa shape index (κ2) is 7.57. The van der Waals surface area contributed by atoms with E-state index in [0.29, 0.717) is 5.41 Å². The first-order valence-electron chi connectivity index (χ1n) is 12.4. The highest BCUT2D eigenvalue weighted by molar-refractivity contribution is 6.02. The lowest BCUT2D eigenvalue weighted by molar-refractivity contribution is -0.0627. The van der Waals surface area contributed by atoms with Crippen molar-refractivity contribution in [2.24, 2.45) is 5.16 Å². The number of hydrogen-bond acceptors (Lipinski definition) is 5. The van der Waals surface area contributed by atoms with E-state index in [2.05, 4.69) is 42.1 Å². The summed E-state index contributed by atoms with van der Waals surface area (Å²) in [5.41, 5.74) is 4.97. The summed E-state index contributed by atoms with van der Waals surface area (Å²) in [6, 6.07) is 13.7. The normalized spacial score (nSPS) is 23.6. The molecule has 0 atom stereocenters. The van der Waals surface area contributed by atoms with Crippen LogP contribution in [0.2, 0.25) is 0 Å². The van der Waals surface area contributed by atoms with Crippen LogP contribution in [0.4, 0.5) is 0 Å². The van der Waals surface area contributed by atoms with Crippen molar-refractivity contribution in [1.29, 1.82) is 0 Å². The van der Waals surface area contributed by atoms with Crippen molar-refractivity contribution in [3.05, 3.63) is 64.7 Å². The molecular formula is C28H32N2O4. The molecule has 178 valence electrons. The zero-order chi connectivity index (χ0) is 23.6. The molecule has 6 heteroatoms. The third-order valence-corrected chi connectivity index (χ3v) is 8.10. The largest absolute Gasteiger partial charge is 0.488 e. The van der Waals surface area contributed by atoms with E-state index >= 15 is 0 Å². The highest BCUT2D eigenvalue weighted by Gasteiger charge is 2.53. The van der Waals surface area contributed by atoms with Crippen molar-refractivity contribution in [2.45, 2.75) is 75.5 Å². The lowest BCUT2D eigenvalue weighted by Gasteiger charge is -2.39. The van der Waals surface area contributed by atoms with Gasteiger partial charge < -0.3 is 14.7 Å². The van der Waals surface area contributed by atoms with Gasteiger partial charge in [0, 0.05) is 49.9 Å². The SMILES string of the molecule is CC1(C)CC2(CC2)c2cc(CN3CCC4(CC3)CC(c3ccc(C(=O)O)cc3)=NO4)ccc2O1. The standard InChI is InChI=1S/C28H32N2O4/c1-26(2)18-27(9-10-27)22-15-19(3-8-24(22)33-26)17-30-13-11-28(12-14-30)16-23(29-34-28)20-4-6-21(7-5-20)25(31)32/h3-8,15H,9-14,16-18H2,1-2H3,(H,31,32). The summed E-state index contributed by atoms with van der Waals surface area (Å²) >= 11 is 0. The fourth-order valence-electron chi connectivity index (χ4n) is 6.15. The average molecular weight is 461 g/mol. The fourth-order valence-corrected chi connectivity index (χ4v) is 6.15. The number of oxime groups is 1. The molecule has 0 bridgehead atoms. The molecule has 3 heterocycles. The Hall–Kier alpha value is -2.86. The summed E-state index contributed by atoms with van der Waals surface area (Å²) in [7, 11) is 0. The zero-order valence-electron chi connectivity index (χ0n) is 20.0. The van der Waals surface area contributed by atoms with Gasteiger partial charge in [0.25, 0.3) is 0 Å². The van der Waals surface area contributed by atoms with Crippen LogP contribution in [-0.2, 0) is 16.8 Å². The number of rotatable bonds is 4. The van der Waals surface area contributed by atoms with Crippen LogP contribution in [0.3, 0.4) is 0 Å². The fraction of sp³-hybridized carbons (Fsp3) is 0.500. The molecule has 3 aliphatic heterocycles. The van der Waals surface area contributed by atoms with Crippen molar-refractivity contribution in [2.75, 3.05) is 13.1 Å². The number of nitrogens with zero attached hydrogens (tertiary/aromatic N) is 2. The van der Waals surface area contributed by atoms with E-state index in [1.165, 1.54) is 24.0 Å². The van der Waals surface area contributed by atoms with Gasteiger partial charge in [0.2, 0.25) is 0 Å². The van der Waals surface area contributed by atoms with Crippen LogP contribution in [0.1, 0.15) is 79.4 Å². The van der Waals surface area contributed by atoms with Gasteiger partial charge in [-0.2, -0.15) is 0 Å². The van der Waals surface area contributed by atoms with Crippen molar-refractivity contribution in [3.8, 4) is 5.75 Å². The van der Waals surface area contributed by atoms with Crippen LogP contribution in [0, 0.1) is 0 Å². The molecule has 1 N–H and O–H groups in total. The third kappa shape index (κ3) is 3.88. The van der Waals surface area contributed by atoms with E-state index in [-0.39, 0.29) is 16.8 Å². The molecule has 0 unspecified atom stereocenters.